The second kappa shape index (κ2) is 8.73. The largest absolute Gasteiger partial charge is 0.497 e. The Morgan fingerprint density at radius 1 is 0.889 bits per heavy atom. The van der Waals surface area contributed by atoms with Gasteiger partial charge in [-0.15, -0.1) is 0 Å². The molecule has 0 radical (unpaired) electrons. The van der Waals surface area contributed by atoms with Crippen LogP contribution in [0.2, 0.25) is 0 Å². The fourth-order valence-corrected chi connectivity index (χ4v) is 4.69. The molecule has 2 aromatic rings. The van der Waals surface area contributed by atoms with E-state index >= 15 is 0 Å². The molecule has 146 valence electrons. The van der Waals surface area contributed by atoms with Crippen LogP contribution in [-0.4, -0.2) is 40.0 Å². The highest BCUT2D eigenvalue weighted by molar-refractivity contribution is 7.89. The molecule has 1 N–H and O–H groups in total. The van der Waals surface area contributed by atoms with Crippen LogP contribution in [0.15, 0.2) is 47.4 Å². The van der Waals surface area contributed by atoms with Gasteiger partial charge < -0.3 is 14.8 Å². The molecule has 0 atom stereocenters. The Morgan fingerprint density at radius 3 is 2.00 bits per heavy atom. The number of hydrogen-bond donors (Lipinski definition) is 1. The van der Waals surface area contributed by atoms with Crippen LogP contribution < -0.4 is 14.8 Å². The first-order valence-corrected chi connectivity index (χ1v) is 10.5. The number of ether oxygens (including phenoxy) is 2. The molecule has 1 aliphatic rings. The van der Waals surface area contributed by atoms with Crippen molar-refractivity contribution in [3.05, 3.63) is 53.6 Å². The average molecular weight is 391 g/mol. The van der Waals surface area contributed by atoms with E-state index in [-0.39, 0.29) is 0 Å². The molecule has 0 unspecified atom stereocenters. The summed E-state index contributed by atoms with van der Waals surface area (Å²) in [7, 11) is -0.0918. The zero-order valence-electron chi connectivity index (χ0n) is 15.8. The third-order valence-corrected chi connectivity index (χ3v) is 6.61. The van der Waals surface area contributed by atoms with Crippen LogP contribution in [0.5, 0.6) is 11.5 Å². The van der Waals surface area contributed by atoms with Gasteiger partial charge in [0.25, 0.3) is 0 Å². The van der Waals surface area contributed by atoms with Crippen LogP contribution in [0, 0.1) is 0 Å². The number of rotatable bonds is 8. The first-order chi connectivity index (χ1) is 13.0. The molecule has 0 bridgehead atoms. The molecular formula is C20H26N2O4S. The van der Waals surface area contributed by atoms with Gasteiger partial charge in [0, 0.05) is 32.2 Å². The van der Waals surface area contributed by atoms with Crippen molar-refractivity contribution >= 4 is 10.0 Å². The summed E-state index contributed by atoms with van der Waals surface area (Å²) < 4.78 is 37.2. The maximum atomic E-state index is 12.6. The van der Waals surface area contributed by atoms with E-state index in [9.17, 15) is 8.42 Å². The lowest BCUT2D eigenvalue weighted by Crippen LogP contribution is -2.27. The first kappa shape index (κ1) is 19.7. The number of nitrogens with one attached hydrogen (secondary N) is 1. The normalized spacial score (nSPS) is 15.0. The second-order valence-electron chi connectivity index (χ2n) is 6.58. The molecule has 0 amide bonds. The Labute approximate surface area is 161 Å². The minimum Gasteiger partial charge on any atom is -0.497 e. The van der Waals surface area contributed by atoms with Gasteiger partial charge in [-0.3, -0.25) is 0 Å². The van der Waals surface area contributed by atoms with Gasteiger partial charge in [0.05, 0.1) is 19.1 Å². The van der Waals surface area contributed by atoms with Gasteiger partial charge in [0.15, 0.2) is 0 Å². The summed E-state index contributed by atoms with van der Waals surface area (Å²) in [4.78, 5) is 0.366. The summed E-state index contributed by atoms with van der Waals surface area (Å²) >= 11 is 0. The Kier molecular flexibility index (Phi) is 6.36. The monoisotopic (exact) mass is 390 g/mol. The maximum absolute atomic E-state index is 12.6. The Bertz CT molecular complexity index is 838. The number of hydrogen-bond acceptors (Lipinski definition) is 5. The van der Waals surface area contributed by atoms with E-state index < -0.39 is 10.0 Å². The van der Waals surface area contributed by atoms with E-state index in [2.05, 4.69) is 5.32 Å². The van der Waals surface area contributed by atoms with E-state index in [4.69, 9.17) is 9.47 Å². The number of nitrogens with zero attached hydrogens (tertiary/aromatic N) is 1. The summed E-state index contributed by atoms with van der Waals surface area (Å²) in [5.74, 6) is 1.50. The van der Waals surface area contributed by atoms with Crippen LogP contribution in [0.3, 0.4) is 0 Å². The molecule has 0 aromatic heterocycles. The summed E-state index contributed by atoms with van der Waals surface area (Å²) in [5, 5.41) is 3.36. The minimum atomic E-state index is -3.35. The molecule has 0 saturated carbocycles. The van der Waals surface area contributed by atoms with Crippen molar-refractivity contribution in [3.8, 4) is 11.5 Å². The zero-order chi connectivity index (χ0) is 19.3. The molecule has 7 heteroatoms. The summed E-state index contributed by atoms with van der Waals surface area (Å²) in [6.45, 7) is 2.54. The third-order valence-electron chi connectivity index (χ3n) is 4.70. The first-order valence-electron chi connectivity index (χ1n) is 9.04. The fraction of sp³-hybridized carbons (Fsp3) is 0.400. The molecule has 0 spiro atoms. The number of benzene rings is 2. The van der Waals surface area contributed by atoms with Crippen molar-refractivity contribution in [2.24, 2.45) is 0 Å². The molecule has 0 aliphatic carbocycles. The molecule has 1 saturated heterocycles. The number of sulfonamides is 1. The lowest BCUT2D eigenvalue weighted by molar-refractivity contribution is 0.393. The van der Waals surface area contributed by atoms with Crippen LogP contribution in [0.4, 0.5) is 0 Å². The molecule has 2 aromatic carbocycles. The average Bonchev–Trinajstić information content (AvgIpc) is 3.24. The van der Waals surface area contributed by atoms with Crippen LogP contribution in [-0.2, 0) is 23.1 Å². The van der Waals surface area contributed by atoms with Crippen molar-refractivity contribution in [2.75, 3.05) is 27.3 Å². The van der Waals surface area contributed by atoms with Crippen LogP contribution in [0.25, 0.3) is 0 Å². The molecule has 27 heavy (non-hydrogen) atoms. The SMILES string of the molecule is COc1cc(CNCc2ccc(S(=O)(=O)N3CCCC3)cc2)cc(OC)c1. The summed E-state index contributed by atoms with van der Waals surface area (Å²) in [6.07, 6.45) is 1.88. The molecule has 1 aliphatic heterocycles. The van der Waals surface area contributed by atoms with Crippen molar-refractivity contribution < 1.29 is 17.9 Å². The molecular weight excluding hydrogens is 364 g/mol. The Balaban J connectivity index is 1.59. The molecule has 1 fully saturated rings. The van der Waals surface area contributed by atoms with Crippen LogP contribution >= 0.6 is 0 Å². The highest BCUT2D eigenvalue weighted by Crippen LogP contribution is 2.23. The van der Waals surface area contributed by atoms with E-state index in [0.717, 1.165) is 35.5 Å². The standard InChI is InChI=1S/C20H26N2O4S/c1-25-18-11-17(12-19(13-18)26-2)15-21-14-16-5-7-20(8-6-16)27(23,24)22-9-3-4-10-22/h5-8,11-13,21H,3-4,9-10,14-15H2,1-2H3. The summed E-state index contributed by atoms with van der Waals surface area (Å²) in [5.41, 5.74) is 2.09. The smallest absolute Gasteiger partial charge is 0.243 e. The second-order valence-corrected chi connectivity index (χ2v) is 8.52. The molecule has 1 heterocycles. The van der Waals surface area contributed by atoms with Gasteiger partial charge in [-0.05, 0) is 48.2 Å². The van der Waals surface area contributed by atoms with Gasteiger partial charge in [-0.25, -0.2) is 8.42 Å². The van der Waals surface area contributed by atoms with Gasteiger partial charge >= 0.3 is 0 Å². The van der Waals surface area contributed by atoms with E-state index in [1.807, 2.05) is 30.3 Å². The fourth-order valence-electron chi connectivity index (χ4n) is 3.18. The predicted octanol–water partition coefficient (Wildman–Crippen LogP) is 2.78. The topological polar surface area (TPSA) is 67.9 Å². The Morgan fingerprint density at radius 2 is 1.44 bits per heavy atom. The predicted molar refractivity (Wildman–Crippen MR) is 105 cm³/mol. The van der Waals surface area contributed by atoms with Gasteiger partial charge in [-0.2, -0.15) is 4.31 Å². The van der Waals surface area contributed by atoms with E-state index in [1.165, 1.54) is 0 Å². The van der Waals surface area contributed by atoms with E-state index in [0.29, 0.717) is 31.1 Å². The van der Waals surface area contributed by atoms with Crippen molar-refractivity contribution in [1.29, 1.82) is 0 Å². The van der Waals surface area contributed by atoms with Gasteiger partial charge in [-0.1, -0.05) is 12.1 Å². The van der Waals surface area contributed by atoms with Gasteiger partial charge in [0.2, 0.25) is 10.0 Å². The van der Waals surface area contributed by atoms with Gasteiger partial charge in [0.1, 0.15) is 11.5 Å². The van der Waals surface area contributed by atoms with E-state index in [1.54, 1.807) is 30.7 Å². The summed E-state index contributed by atoms with van der Waals surface area (Å²) in [6, 6.07) is 12.9. The zero-order valence-corrected chi connectivity index (χ0v) is 16.6. The van der Waals surface area contributed by atoms with Crippen molar-refractivity contribution in [2.45, 2.75) is 30.8 Å². The quantitative estimate of drug-likeness (QED) is 0.751. The molecule has 6 nitrogen and oxygen atoms in total. The Hall–Kier alpha value is -2.09. The molecule has 3 rings (SSSR count). The minimum absolute atomic E-state index is 0.366. The lowest BCUT2D eigenvalue weighted by Gasteiger charge is -2.15. The third kappa shape index (κ3) is 4.80. The highest BCUT2D eigenvalue weighted by atomic mass is 32.2. The maximum Gasteiger partial charge on any atom is 0.243 e. The lowest BCUT2D eigenvalue weighted by atomic mass is 10.2. The van der Waals surface area contributed by atoms with Crippen LogP contribution in [0.1, 0.15) is 24.0 Å². The van der Waals surface area contributed by atoms with Crippen molar-refractivity contribution in [1.82, 2.24) is 9.62 Å². The number of methoxy groups -OCH3 is 2. The van der Waals surface area contributed by atoms with Crippen molar-refractivity contribution in [3.63, 3.8) is 0 Å². The highest BCUT2D eigenvalue weighted by Gasteiger charge is 2.26.